The normalized spacial score (nSPS) is 11.0. The van der Waals surface area contributed by atoms with Gasteiger partial charge in [-0.05, 0) is 55.0 Å². The Morgan fingerprint density at radius 3 is 2.85 bits per heavy atom. The number of carbonyl (C=O) groups excluding carboxylic acids is 1. The van der Waals surface area contributed by atoms with E-state index >= 15 is 0 Å². The second-order valence-corrected chi connectivity index (χ2v) is 5.81. The van der Waals surface area contributed by atoms with Gasteiger partial charge >= 0.3 is 5.76 Å². The number of hydrogen-bond acceptors (Lipinski definition) is 4. The van der Waals surface area contributed by atoms with Crippen molar-refractivity contribution in [3.05, 3.63) is 70.1 Å². The van der Waals surface area contributed by atoms with Crippen LogP contribution >= 0.6 is 0 Å². The molecule has 2 aromatic heterocycles. The second kappa shape index (κ2) is 5.99. The monoisotopic (exact) mass is 352 g/mol. The molecular weight excluding hydrogens is 339 g/mol. The molecule has 0 fully saturated rings. The fourth-order valence-corrected chi connectivity index (χ4v) is 2.62. The van der Waals surface area contributed by atoms with Gasteiger partial charge in [-0.2, -0.15) is 5.10 Å². The van der Waals surface area contributed by atoms with Crippen LogP contribution in [0.5, 0.6) is 0 Å². The van der Waals surface area contributed by atoms with E-state index < -0.39 is 11.7 Å². The summed E-state index contributed by atoms with van der Waals surface area (Å²) >= 11 is 0. The van der Waals surface area contributed by atoms with Gasteiger partial charge in [-0.15, -0.1) is 0 Å². The van der Waals surface area contributed by atoms with Gasteiger partial charge in [-0.1, -0.05) is 0 Å². The van der Waals surface area contributed by atoms with Crippen LogP contribution in [0.25, 0.3) is 22.4 Å². The number of nitrogens with zero attached hydrogens (tertiary/aromatic N) is 1. The summed E-state index contributed by atoms with van der Waals surface area (Å²) < 4.78 is 18.3. The molecule has 0 aliphatic carbocycles. The van der Waals surface area contributed by atoms with Crippen LogP contribution in [0.3, 0.4) is 0 Å². The lowest BCUT2D eigenvalue weighted by Gasteiger charge is -2.02. The van der Waals surface area contributed by atoms with Crippen LogP contribution in [0.1, 0.15) is 16.1 Å². The lowest BCUT2D eigenvalue weighted by atomic mass is 10.1. The molecule has 0 saturated carbocycles. The zero-order valence-corrected chi connectivity index (χ0v) is 13.6. The summed E-state index contributed by atoms with van der Waals surface area (Å²) in [4.78, 5) is 26.1. The summed E-state index contributed by atoms with van der Waals surface area (Å²) in [6.45, 7) is 1.66. The first kappa shape index (κ1) is 15.8. The Morgan fingerprint density at radius 2 is 2.04 bits per heavy atom. The molecule has 0 bridgehead atoms. The first-order chi connectivity index (χ1) is 12.5. The molecule has 2 heterocycles. The Kier molecular flexibility index (Phi) is 3.65. The lowest BCUT2D eigenvalue weighted by molar-refractivity contribution is 0.102. The minimum absolute atomic E-state index is 0.253. The van der Waals surface area contributed by atoms with Crippen molar-refractivity contribution in [3.63, 3.8) is 0 Å². The summed E-state index contributed by atoms with van der Waals surface area (Å²) in [5, 5.41) is 9.48. The number of carbonyl (C=O) groups is 1. The molecule has 1 amide bonds. The van der Waals surface area contributed by atoms with Crippen LogP contribution in [-0.4, -0.2) is 21.1 Å². The Hall–Kier alpha value is -3.68. The Balaban J connectivity index is 1.57. The van der Waals surface area contributed by atoms with Gasteiger partial charge in [-0.25, -0.2) is 9.18 Å². The van der Waals surface area contributed by atoms with Gasteiger partial charge in [0.15, 0.2) is 5.58 Å². The number of benzene rings is 2. The number of aromatic amines is 2. The summed E-state index contributed by atoms with van der Waals surface area (Å²) in [5.74, 6) is -1.25. The molecule has 130 valence electrons. The highest BCUT2D eigenvalue weighted by molar-refractivity contribution is 6.04. The number of nitrogens with one attached hydrogen (secondary N) is 3. The molecular formula is C18H13FN4O3. The van der Waals surface area contributed by atoms with Crippen LogP contribution in [0, 0.1) is 12.7 Å². The van der Waals surface area contributed by atoms with Crippen molar-refractivity contribution in [2.75, 3.05) is 5.32 Å². The molecule has 8 heteroatoms. The number of aryl methyl sites for hydroxylation is 1. The molecule has 0 radical (unpaired) electrons. The number of H-pyrrole nitrogens is 2. The van der Waals surface area contributed by atoms with E-state index in [1.807, 2.05) is 0 Å². The molecule has 0 atom stereocenters. The molecule has 3 N–H and O–H groups in total. The third kappa shape index (κ3) is 2.88. The van der Waals surface area contributed by atoms with Crippen LogP contribution < -0.4 is 11.1 Å². The Labute approximate surface area is 145 Å². The van der Waals surface area contributed by atoms with Crippen LogP contribution in [-0.2, 0) is 0 Å². The third-order valence-electron chi connectivity index (χ3n) is 3.95. The van der Waals surface area contributed by atoms with Crippen molar-refractivity contribution >= 4 is 22.7 Å². The third-order valence-corrected chi connectivity index (χ3v) is 3.95. The molecule has 0 unspecified atom stereocenters. The minimum atomic E-state index is -0.559. The first-order valence-electron chi connectivity index (χ1n) is 7.76. The van der Waals surface area contributed by atoms with Gasteiger partial charge in [0.2, 0.25) is 0 Å². The van der Waals surface area contributed by atoms with Gasteiger partial charge < -0.3 is 9.73 Å². The van der Waals surface area contributed by atoms with Crippen molar-refractivity contribution in [2.45, 2.75) is 6.92 Å². The smallest absolute Gasteiger partial charge is 0.408 e. The Morgan fingerprint density at radius 1 is 1.19 bits per heavy atom. The average molecular weight is 352 g/mol. The van der Waals surface area contributed by atoms with Crippen molar-refractivity contribution < 1.29 is 13.6 Å². The Bertz CT molecular complexity index is 1190. The maximum Gasteiger partial charge on any atom is 0.417 e. The molecule has 0 aliphatic heterocycles. The predicted octanol–water partition coefficient (Wildman–Crippen LogP) is 3.21. The lowest BCUT2D eigenvalue weighted by Crippen LogP contribution is -2.12. The minimum Gasteiger partial charge on any atom is -0.408 e. The SMILES string of the molecule is Cc1cc(-c2cc(C(=O)Nc3ccc4oc(=O)[nH]c4c3)[nH]n2)ccc1F. The number of halogens is 1. The molecule has 0 aliphatic rings. The number of rotatable bonds is 3. The average Bonchev–Trinajstić information content (AvgIpc) is 3.23. The van der Waals surface area contributed by atoms with E-state index in [-0.39, 0.29) is 11.5 Å². The van der Waals surface area contributed by atoms with E-state index in [4.69, 9.17) is 4.42 Å². The molecule has 4 rings (SSSR count). The van der Waals surface area contributed by atoms with Crippen LogP contribution in [0.2, 0.25) is 0 Å². The van der Waals surface area contributed by atoms with Gasteiger partial charge in [0.1, 0.15) is 11.5 Å². The largest absolute Gasteiger partial charge is 0.417 e. The highest BCUT2D eigenvalue weighted by Crippen LogP contribution is 2.21. The van der Waals surface area contributed by atoms with Crippen molar-refractivity contribution in [3.8, 4) is 11.3 Å². The topological polar surface area (TPSA) is 104 Å². The first-order valence-corrected chi connectivity index (χ1v) is 7.76. The van der Waals surface area contributed by atoms with E-state index in [2.05, 4.69) is 20.5 Å². The van der Waals surface area contributed by atoms with Crippen LogP contribution in [0.4, 0.5) is 10.1 Å². The quantitative estimate of drug-likeness (QED) is 0.527. The number of oxazole rings is 1. The molecule has 7 nitrogen and oxygen atoms in total. The fraction of sp³-hybridized carbons (Fsp3) is 0.0556. The van der Waals surface area contributed by atoms with Gasteiger partial charge in [0, 0.05) is 11.3 Å². The van der Waals surface area contributed by atoms with Gasteiger partial charge in [0.05, 0.1) is 11.2 Å². The summed E-state index contributed by atoms with van der Waals surface area (Å²) in [6, 6.07) is 11.0. The van der Waals surface area contributed by atoms with E-state index in [0.29, 0.717) is 33.6 Å². The van der Waals surface area contributed by atoms with Crippen LogP contribution in [0.15, 0.2) is 51.7 Å². The number of anilines is 1. The maximum absolute atomic E-state index is 13.4. The maximum atomic E-state index is 13.4. The highest BCUT2D eigenvalue weighted by Gasteiger charge is 2.13. The van der Waals surface area contributed by atoms with E-state index in [9.17, 15) is 14.0 Å². The molecule has 0 spiro atoms. The van der Waals surface area contributed by atoms with E-state index in [0.717, 1.165) is 0 Å². The van der Waals surface area contributed by atoms with Crippen molar-refractivity contribution in [2.24, 2.45) is 0 Å². The number of fused-ring (bicyclic) bond motifs is 1. The summed E-state index contributed by atoms with van der Waals surface area (Å²) in [6.07, 6.45) is 0. The van der Waals surface area contributed by atoms with Gasteiger partial charge in [0.25, 0.3) is 5.91 Å². The predicted molar refractivity (Wildman–Crippen MR) is 93.5 cm³/mol. The number of aromatic nitrogens is 3. The van der Waals surface area contributed by atoms with E-state index in [1.165, 1.54) is 6.07 Å². The van der Waals surface area contributed by atoms with Crippen molar-refractivity contribution in [1.29, 1.82) is 0 Å². The zero-order chi connectivity index (χ0) is 18.3. The summed E-state index contributed by atoms with van der Waals surface area (Å²) in [5.41, 5.74) is 3.38. The zero-order valence-electron chi connectivity index (χ0n) is 13.6. The molecule has 0 saturated heterocycles. The standard InChI is InChI=1S/C18H13FN4O3/c1-9-6-10(2-4-12(9)19)13-8-15(23-22-13)17(24)20-11-3-5-16-14(7-11)21-18(25)26-16/h2-8H,1H3,(H,20,24)(H,21,25)(H,22,23). The molecule has 4 aromatic rings. The highest BCUT2D eigenvalue weighted by atomic mass is 19.1. The molecule has 26 heavy (non-hydrogen) atoms. The van der Waals surface area contributed by atoms with E-state index in [1.54, 1.807) is 43.3 Å². The van der Waals surface area contributed by atoms with Crippen molar-refractivity contribution in [1.82, 2.24) is 15.2 Å². The number of amides is 1. The summed E-state index contributed by atoms with van der Waals surface area (Å²) in [7, 11) is 0. The number of hydrogen-bond donors (Lipinski definition) is 3. The fourth-order valence-electron chi connectivity index (χ4n) is 2.62. The second-order valence-electron chi connectivity index (χ2n) is 5.81. The molecule has 2 aromatic carbocycles. The van der Waals surface area contributed by atoms with Gasteiger partial charge in [-0.3, -0.25) is 14.9 Å².